The van der Waals surface area contributed by atoms with E-state index in [-0.39, 0.29) is 23.1 Å². The summed E-state index contributed by atoms with van der Waals surface area (Å²) in [5.74, 6) is 0.996. The molecule has 0 aliphatic carbocycles. The van der Waals surface area contributed by atoms with Crippen LogP contribution in [0.4, 0.5) is 18.9 Å². The van der Waals surface area contributed by atoms with E-state index in [1.165, 1.54) is 7.11 Å². The lowest BCUT2D eigenvalue weighted by Gasteiger charge is -2.11. The summed E-state index contributed by atoms with van der Waals surface area (Å²) in [4.78, 5) is 12.2. The minimum atomic E-state index is -4.54. The number of para-hydroxylation sites is 2. The molecule has 1 amide bonds. The van der Waals surface area contributed by atoms with Gasteiger partial charge in [0.25, 0.3) is 0 Å². The first-order chi connectivity index (χ1) is 15.2. The van der Waals surface area contributed by atoms with Crippen LogP contribution >= 0.6 is 23.4 Å². The number of nitrogens with zero attached hydrogens (tertiary/aromatic N) is 3. The van der Waals surface area contributed by atoms with Gasteiger partial charge in [-0.2, -0.15) is 13.2 Å². The van der Waals surface area contributed by atoms with Gasteiger partial charge in [-0.15, -0.1) is 10.2 Å². The van der Waals surface area contributed by atoms with E-state index in [1.54, 1.807) is 23.7 Å². The number of thioether (sulfide) groups is 1. The molecule has 0 saturated carbocycles. The fourth-order valence-electron chi connectivity index (χ4n) is 2.59. The topological polar surface area (TPSA) is 78.3 Å². The number of hydrogen-bond acceptors (Lipinski definition) is 6. The van der Waals surface area contributed by atoms with E-state index in [9.17, 15) is 18.0 Å². The number of hydrogen-bond donors (Lipinski definition) is 1. The Morgan fingerprint density at radius 2 is 1.91 bits per heavy atom. The number of carbonyl (C=O) groups excluding carboxylic acids is 1. The molecule has 3 rings (SSSR count). The summed E-state index contributed by atoms with van der Waals surface area (Å²) >= 11 is 6.98. The molecule has 0 aliphatic rings. The number of alkyl halides is 3. The highest BCUT2D eigenvalue weighted by atomic mass is 35.5. The number of anilines is 1. The van der Waals surface area contributed by atoms with Crippen LogP contribution in [-0.2, 0) is 24.6 Å². The van der Waals surface area contributed by atoms with Gasteiger partial charge >= 0.3 is 6.18 Å². The zero-order valence-corrected chi connectivity index (χ0v) is 18.5. The number of carbonyl (C=O) groups is 1. The van der Waals surface area contributed by atoms with E-state index in [0.29, 0.717) is 22.5 Å². The molecule has 170 valence electrons. The van der Waals surface area contributed by atoms with Gasteiger partial charge in [0.1, 0.15) is 6.61 Å². The van der Waals surface area contributed by atoms with Crippen molar-refractivity contribution in [1.82, 2.24) is 14.8 Å². The molecular formula is C20H18ClF3N4O3S. The fraction of sp³-hybridized carbons (Fsp3) is 0.250. The molecule has 0 atom stereocenters. The Morgan fingerprint density at radius 3 is 2.59 bits per heavy atom. The smallest absolute Gasteiger partial charge is 0.416 e. The number of methoxy groups -OCH3 is 1. The first kappa shape index (κ1) is 23.7. The number of aromatic nitrogens is 3. The molecule has 0 fully saturated rings. The van der Waals surface area contributed by atoms with E-state index in [1.807, 2.05) is 12.1 Å². The number of rotatable bonds is 8. The highest BCUT2D eigenvalue weighted by Crippen LogP contribution is 2.34. The van der Waals surface area contributed by atoms with Gasteiger partial charge in [-0.1, -0.05) is 35.5 Å². The summed E-state index contributed by atoms with van der Waals surface area (Å²) in [6.07, 6.45) is -4.54. The highest BCUT2D eigenvalue weighted by Gasteiger charge is 2.31. The molecule has 12 heteroatoms. The monoisotopic (exact) mass is 486 g/mol. The summed E-state index contributed by atoms with van der Waals surface area (Å²) < 4.78 is 51.2. The van der Waals surface area contributed by atoms with Gasteiger partial charge in [0, 0.05) is 7.05 Å². The standard InChI is InChI=1S/C20H18ClF3N4O3S/c1-28-17(10-31-16-6-4-3-5-15(16)30-2)26-27-19(28)32-11-18(29)25-14-9-12(20(22,23)24)7-8-13(14)21/h3-9H,10-11H2,1-2H3,(H,25,29). The average Bonchev–Trinajstić information content (AvgIpc) is 3.11. The van der Waals surface area contributed by atoms with Crippen LogP contribution in [0.3, 0.4) is 0 Å². The van der Waals surface area contributed by atoms with Crippen LogP contribution in [0.25, 0.3) is 0 Å². The van der Waals surface area contributed by atoms with Crippen molar-refractivity contribution in [3.63, 3.8) is 0 Å². The number of benzene rings is 2. The lowest BCUT2D eigenvalue weighted by Crippen LogP contribution is -2.16. The molecule has 3 aromatic rings. The molecule has 0 bridgehead atoms. The lowest BCUT2D eigenvalue weighted by molar-refractivity contribution is -0.137. The van der Waals surface area contributed by atoms with Gasteiger partial charge in [0.05, 0.1) is 29.1 Å². The first-order valence-electron chi connectivity index (χ1n) is 9.12. The minimum absolute atomic E-state index is 0.00536. The molecule has 1 aromatic heterocycles. The van der Waals surface area contributed by atoms with Crippen molar-refractivity contribution in [2.24, 2.45) is 7.05 Å². The molecule has 0 unspecified atom stereocenters. The normalized spacial score (nSPS) is 11.3. The summed E-state index contributed by atoms with van der Waals surface area (Å²) in [5, 5.41) is 10.9. The van der Waals surface area contributed by atoms with Gasteiger partial charge in [0.15, 0.2) is 22.5 Å². The van der Waals surface area contributed by atoms with Crippen LogP contribution in [0.5, 0.6) is 11.5 Å². The predicted octanol–water partition coefficient (Wildman–Crippen LogP) is 4.81. The quantitative estimate of drug-likeness (QED) is 0.461. The van der Waals surface area contributed by atoms with E-state index in [2.05, 4.69) is 15.5 Å². The number of halogens is 4. The van der Waals surface area contributed by atoms with Gasteiger partial charge < -0.3 is 19.4 Å². The zero-order valence-electron chi connectivity index (χ0n) is 16.9. The van der Waals surface area contributed by atoms with Crippen molar-refractivity contribution >= 4 is 35.0 Å². The highest BCUT2D eigenvalue weighted by molar-refractivity contribution is 7.99. The van der Waals surface area contributed by atoms with Crippen molar-refractivity contribution in [1.29, 1.82) is 0 Å². The Kier molecular flexibility index (Phi) is 7.52. The van der Waals surface area contributed by atoms with Crippen molar-refractivity contribution in [2.45, 2.75) is 17.9 Å². The zero-order chi connectivity index (χ0) is 23.3. The lowest BCUT2D eigenvalue weighted by atomic mass is 10.2. The van der Waals surface area contributed by atoms with Crippen molar-refractivity contribution in [3.8, 4) is 11.5 Å². The Bertz CT molecular complexity index is 1110. The molecule has 0 saturated heterocycles. The van der Waals surface area contributed by atoms with E-state index in [0.717, 1.165) is 30.0 Å². The van der Waals surface area contributed by atoms with Crippen molar-refractivity contribution in [3.05, 3.63) is 58.9 Å². The van der Waals surface area contributed by atoms with E-state index >= 15 is 0 Å². The number of nitrogens with one attached hydrogen (secondary N) is 1. The third-order valence-corrected chi connectivity index (χ3v) is 5.60. The molecule has 32 heavy (non-hydrogen) atoms. The maximum atomic E-state index is 12.9. The molecule has 0 aliphatic heterocycles. The predicted molar refractivity (Wildman–Crippen MR) is 114 cm³/mol. The first-order valence-corrected chi connectivity index (χ1v) is 10.5. The van der Waals surface area contributed by atoms with Crippen LogP contribution in [0.2, 0.25) is 5.02 Å². The van der Waals surface area contributed by atoms with Crippen LogP contribution in [-0.4, -0.2) is 33.5 Å². The Balaban J connectivity index is 1.59. The van der Waals surface area contributed by atoms with E-state index < -0.39 is 17.6 Å². The summed E-state index contributed by atoms with van der Waals surface area (Å²) in [7, 11) is 3.25. The molecule has 1 N–H and O–H groups in total. The molecule has 0 spiro atoms. The van der Waals surface area contributed by atoms with Gasteiger partial charge in [-0.05, 0) is 30.3 Å². The Morgan fingerprint density at radius 1 is 1.19 bits per heavy atom. The fourth-order valence-corrected chi connectivity index (χ4v) is 3.49. The van der Waals surface area contributed by atoms with Gasteiger partial charge in [0.2, 0.25) is 5.91 Å². The third-order valence-electron chi connectivity index (χ3n) is 4.25. The maximum Gasteiger partial charge on any atom is 0.416 e. The molecule has 1 heterocycles. The molecule has 2 aromatic carbocycles. The molecule has 7 nitrogen and oxygen atoms in total. The number of ether oxygens (including phenoxy) is 2. The molecule has 0 radical (unpaired) electrons. The second-order valence-electron chi connectivity index (χ2n) is 6.43. The van der Waals surface area contributed by atoms with Crippen LogP contribution in [0.1, 0.15) is 11.4 Å². The van der Waals surface area contributed by atoms with Crippen LogP contribution in [0, 0.1) is 0 Å². The van der Waals surface area contributed by atoms with Crippen LogP contribution in [0.15, 0.2) is 47.6 Å². The maximum absolute atomic E-state index is 12.9. The summed E-state index contributed by atoms with van der Waals surface area (Å²) in [6.45, 7) is 0.122. The van der Waals surface area contributed by atoms with Gasteiger partial charge in [-0.25, -0.2) is 0 Å². The average molecular weight is 487 g/mol. The SMILES string of the molecule is COc1ccccc1OCc1nnc(SCC(=O)Nc2cc(C(F)(F)F)ccc2Cl)n1C. The summed E-state index contributed by atoms with van der Waals surface area (Å²) in [5.41, 5.74) is -1.02. The van der Waals surface area contributed by atoms with E-state index in [4.69, 9.17) is 21.1 Å². The number of amides is 1. The van der Waals surface area contributed by atoms with Gasteiger partial charge in [-0.3, -0.25) is 4.79 Å². The third kappa shape index (κ3) is 5.86. The van der Waals surface area contributed by atoms with Crippen molar-refractivity contribution < 1.29 is 27.4 Å². The Hall–Kier alpha value is -2.92. The molecular weight excluding hydrogens is 469 g/mol. The second-order valence-corrected chi connectivity index (χ2v) is 7.78. The Labute approximate surface area is 190 Å². The largest absolute Gasteiger partial charge is 0.493 e. The summed E-state index contributed by atoms with van der Waals surface area (Å²) in [6, 6.07) is 9.88. The van der Waals surface area contributed by atoms with Crippen molar-refractivity contribution in [2.75, 3.05) is 18.2 Å². The van der Waals surface area contributed by atoms with Crippen LogP contribution < -0.4 is 14.8 Å². The second kappa shape index (κ2) is 10.1. The minimum Gasteiger partial charge on any atom is -0.493 e.